The van der Waals surface area contributed by atoms with Crippen molar-refractivity contribution < 1.29 is 14.7 Å². The van der Waals surface area contributed by atoms with Gasteiger partial charge in [-0.2, -0.15) is 0 Å². The zero-order valence-corrected chi connectivity index (χ0v) is 10.9. The van der Waals surface area contributed by atoms with Crippen molar-refractivity contribution in [2.45, 2.75) is 25.9 Å². The quantitative estimate of drug-likeness (QED) is 0.346. The molecule has 6 nitrogen and oxygen atoms in total. The van der Waals surface area contributed by atoms with Crippen molar-refractivity contribution in [1.29, 1.82) is 0 Å². The molecule has 0 saturated heterocycles. The number of ether oxygens (including phenoxy) is 2. The summed E-state index contributed by atoms with van der Waals surface area (Å²) < 4.78 is 10.9. The molecule has 6 heteroatoms. The topological polar surface area (TPSA) is 90.0 Å². The van der Waals surface area contributed by atoms with E-state index in [1.54, 1.807) is 25.4 Å². The summed E-state index contributed by atoms with van der Waals surface area (Å²) >= 11 is 0. The van der Waals surface area contributed by atoms with Gasteiger partial charge < -0.3 is 20.4 Å². The van der Waals surface area contributed by atoms with E-state index in [1.165, 1.54) is 0 Å². The van der Waals surface area contributed by atoms with Crippen molar-refractivity contribution in [2.75, 3.05) is 13.7 Å². The Balaban J connectivity index is 2.68. The second-order valence-corrected chi connectivity index (χ2v) is 4.40. The van der Waals surface area contributed by atoms with E-state index in [9.17, 15) is 0 Å². The van der Waals surface area contributed by atoms with Gasteiger partial charge in [0.1, 0.15) is 5.75 Å². The Bertz CT molecular complexity index is 419. The summed E-state index contributed by atoms with van der Waals surface area (Å²) in [6, 6.07) is 3.45. The van der Waals surface area contributed by atoms with E-state index in [0.717, 1.165) is 0 Å². The molecule has 3 N–H and O–H groups in total. The van der Waals surface area contributed by atoms with Gasteiger partial charge in [-0.15, -0.1) is 0 Å². The van der Waals surface area contributed by atoms with E-state index in [2.05, 4.69) is 10.1 Å². The molecule has 0 bridgehead atoms. The van der Waals surface area contributed by atoms with Crippen LogP contribution in [-0.4, -0.2) is 35.3 Å². The van der Waals surface area contributed by atoms with Crippen LogP contribution in [0.2, 0.25) is 0 Å². The number of oxime groups is 1. The van der Waals surface area contributed by atoms with E-state index < -0.39 is 0 Å². The number of pyridine rings is 1. The molecule has 1 aromatic rings. The predicted molar refractivity (Wildman–Crippen MR) is 67.9 cm³/mol. The molecular formula is C12H19N3O3. The number of methoxy groups -OCH3 is 1. The van der Waals surface area contributed by atoms with Crippen LogP contribution in [0.4, 0.5) is 0 Å². The minimum absolute atomic E-state index is 0.0726. The lowest BCUT2D eigenvalue weighted by molar-refractivity contribution is 0.00541. The lowest BCUT2D eigenvalue weighted by atomic mass is 10.1. The van der Waals surface area contributed by atoms with Crippen molar-refractivity contribution in [2.24, 2.45) is 10.9 Å². The molecule has 1 heterocycles. The Morgan fingerprint density at radius 3 is 2.89 bits per heavy atom. The second-order valence-electron chi connectivity index (χ2n) is 4.40. The summed E-state index contributed by atoms with van der Waals surface area (Å²) in [6.07, 6.45) is 2.27. The molecule has 100 valence electrons. The number of rotatable bonds is 6. The fraction of sp³-hybridized carbons (Fsp3) is 0.500. The number of hydrogen-bond acceptors (Lipinski definition) is 5. The molecular weight excluding hydrogens is 234 g/mol. The molecule has 0 aliphatic heterocycles. The first-order chi connectivity index (χ1) is 8.50. The van der Waals surface area contributed by atoms with Gasteiger partial charge in [-0.1, -0.05) is 5.16 Å². The van der Waals surface area contributed by atoms with Gasteiger partial charge in [0.05, 0.1) is 12.2 Å². The van der Waals surface area contributed by atoms with Crippen LogP contribution in [0.15, 0.2) is 23.5 Å². The highest BCUT2D eigenvalue weighted by molar-refractivity contribution is 5.97. The van der Waals surface area contributed by atoms with Crippen molar-refractivity contribution in [1.82, 2.24) is 4.98 Å². The van der Waals surface area contributed by atoms with E-state index in [1.807, 2.05) is 13.8 Å². The maximum atomic E-state index is 8.65. The Morgan fingerprint density at radius 2 is 2.28 bits per heavy atom. The van der Waals surface area contributed by atoms with Crippen LogP contribution < -0.4 is 10.5 Å². The van der Waals surface area contributed by atoms with Gasteiger partial charge in [0.15, 0.2) is 11.5 Å². The number of amidine groups is 1. The Hall–Kier alpha value is -1.82. The maximum absolute atomic E-state index is 8.65. The van der Waals surface area contributed by atoms with Crippen LogP contribution in [-0.2, 0) is 4.74 Å². The van der Waals surface area contributed by atoms with Crippen molar-refractivity contribution in [3.05, 3.63) is 24.0 Å². The maximum Gasteiger partial charge on any atom is 0.192 e. The van der Waals surface area contributed by atoms with Crippen LogP contribution in [0, 0.1) is 0 Å². The molecule has 1 aromatic heterocycles. The summed E-state index contributed by atoms with van der Waals surface area (Å²) in [7, 11) is 1.66. The molecule has 0 atom stereocenters. The second kappa shape index (κ2) is 6.20. The van der Waals surface area contributed by atoms with E-state index in [4.69, 9.17) is 20.4 Å². The standard InChI is InChI=1S/C12H19N3O3/c1-12(2,17-3)6-8-18-9-5-4-7-14-10(9)11(13)15-16/h4-5,7,16H,6,8H2,1-3H3,(H2,13,15). The highest BCUT2D eigenvalue weighted by atomic mass is 16.5. The van der Waals surface area contributed by atoms with Gasteiger partial charge in [-0.05, 0) is 26.0 Å². The van der Waals surface area contributed by atoms with E-state index in [-0.39, 0.29) is 11.4 Å². The summed E-state index contributed by atoms with van der Waals surface area (Å²) in [5.74, 6) is 0.413. The lowest BCUT2D eigenvalue weighted by Gasteiger charge is -2.22. The monoisotopic (exact) mass is 253 g/mol. The van der Waals surface area contributed by atoms with E-state index in [0.29, 0.717) is 24.5 Å². The fourth-order valence-corrected chi connectivity index (χ4v) is 1.26. The van der Waals surface area contributed by atoms with Crippen LogP contribution in [0.3, 0.4) is 0 Å². The zero-order valence-electron chi connectivity index (χ0n) is 10.9. The zero-order chi connectivity index (χ0) is 13.6. The molecule has 0 fully saturated rings. The molecule has 0 aromatic carbocycles. The van der Waals surface area contributed by atoms with Gasteiger partial charge in [-0.25, -0.2) is 4.98 Å². The van der Waals surface area contributed by atoms with Crippen LogP contribution in [0.5, 0.6) is 5.75 Å². The smallest absolute Gasteiger partial charge is 0.192 e. The van der Waals surface area contributed by atoms with Crippen molar-refractivity contribution in [3.8, 4) is 5.75 Å². The molecule has 0 saturated carbocycles. The Labute approximate surface area is 106 Å². The molecule has 18 heavy (non-hydrogen) atoms. The first-order valence-corrected chi connectivity index (χ1v) is 5.61. The van der Waals surface area contributed by atoms with Crippen molar-refractivity contribution >= 4 is 5.84 Å². The number of nitrogens with two attached hydrogens (primary N) is 1. The lowest BCUT2D eigenvalue weighted by Crippen LogP contribution is -2.25. The minimum atomic E-state index is -0.251. The first kappa shape index (κ1) is 14.2. The summed E-state index contributed by atoms with van der Waals surface area (Å²) in [5, 5.41) is 11.6. The van der Waals surface area contributed by atoms with Crippen LogP contribution >= 0.6 is 0 Å². The number of nitrogens with zero attached hydrogens (tertiary/aromatic N) is 2. The first-order valence-electron chi connectivity index (χ1n) is 5.61. The van der Waals surface area contributed by atoms with Gasteiger partial charge in [-0.3, -0.25) is 0 Å². The summed E-state index contributed by atoms with van der Waals surface area (Å²) in [5.41, 5.74) is 5.59. The van der Waals surface area contributed by atoms with E-state index >= 15 is 0 Å². The van der Waals surface area contributed by atoms with Gasteiger partial charge in [0.25, 0.3) is 0 Å². The van der Waals surface area contributed by atoms with Gasteiger partial charge in [0, 0.05) is 19.7 Å². The highest BCUT2D eigenvalue weighted by Crippen LogP contribution is 2.18. The van der Waals surface area contributed by atoms with Crippen LogP contribution in [0.25, 0.3) is 0 Å². The van der Waals surface area contributed by atoms with Gasteiger partial charge >= 0.3 is 0 Å². The summed E-state index contributed by atoms with van der Waals surface area (Å²) in [4.78, 5) is 4.01. The molecule has 0 radical (unpaired) electrons. The van der Waals surface area contributed by atoms with Crippen LogP contribution in [0.1, 0.15) is 26.0 Å². The minimum Gasteiger partial charge on any atom is -0.491 e. The highest BCUT2D eigenvalue weighted by Gasteiger charge is 2.17. The molecule has 0 spiro atoms. The van der Waals surface area contributed by atoms with Gasteiger partial charge in [0.2, 0.25) is 0 Å². The number of hydrogen-bond donors (Lipinski definition) is 2. The third-order valence-corrected chi connectivity index (χ3v) is 2.64. The molecule has 0 aliphatic carbocycles. The third kappa shape index (κ3) is 3.89. The van der Waals surface area contributed by atoms with Crippen molar-refractivity contribution in [3.63, 3.8) is 0 Å². The Morgan fingerprint density at radius 1 is 1.56 bits per heavy atom. The largest absolute Gasteiger partial charge is 0.491 e. The molecule has 0 aliphatic rings. The summed E-state index contributed by atoms with van der Waals surface area (Å²) in [6.45, 7) is 4.41. The fourth-order valence-electron chi connectivity index (χ4n) is 1.26. The Kier molecular flexibility index (Phi) is 4.91. The molecule has 1 rings (SSSR count). The molecule has 0 amide bonds. The average molecular weight is 253 g/mol. The average Bonchev–Trinajstić information content (AvgIpc) is 2.38. The molecule has 0 unspecified atom stereocenters. The normalized spacial score (nSPS) is 12.5. The number of aromatic nitrogens is 1. The third-order valence-electron chi connectivity index (χ3n) is 2.64. The SMILES string of the molecule is COC(C)(C)CCOc1cccnc1/C(N)=N/O. The predicted octanol–water partition coefficient (Wildman–Crippen LogP) is 1.37.